The van der Waals surface area contributed by atoms with Gasteiger partial charge in [0.05, 0.1) is 0 Å². The van der Waals surface area contributed by atoms with Gasteiger partial charge >= 0.3 is 6.03 Å². The molecule has 0 aliphatic heterocycles. The number of carbonyl (C=O) groups excluding carboxylic acids is 1. The molecule has 1 aromatic rings. The molecular formula is C12H17N3OS. The van der Waals surface area contributed by atoms with Gasteiger partial charge in [-0.1, -0.05) is 12.1 Å². The Labute approximate surface area is 106 Å². The third kappa shape index (κ3) is 5.97. The predicted octanol–water partition coefficient (Wildman–Crippen LogP) is 2.43. The van der Waals surface area contributed by atoms with Crippen molar-refractivity contribution in [1.29, 1.82) is 0 Å². The van der Waals surface area contributed by atoms with Crippen LogP contribution in [0.1, 0.15) is 5.56 Å². The van der Waals surface area contributed by atoms with Crippen LogP contribution in [0.5, 0.6) is 0 Å². The molecule has 0 spiro atoms. The molecule has 17 heavy (non-hydrogen) atoms. The lowest BCUT2D eigenvalue weighted by Gasteiger charge is -2.06. The molecule has 0 bridgehead atoms. The second-order valence-electron chi connectivity index (χ2n) is 3.47. The summed E-state index contributed by atoms with van der Waals surface area (Å²) in [5.74, 6) is 2.34. The largest absolute Gasteiger partial charge is 0.337 e. The number of hydrogen-bond acceptors (Lipinski definition) is 3. The average Bonchev–Trinajstić information content (AvgIpc) is 2.32. The molecule has 0 atom stereocenters. The Morgan fingerprint density at radius 2 is 2.41 bits per heavy atom. The number of rotatable bonds is 6. The lowest BCUT2D eigenvalue weighted by Crippen LogP contribution is -2.30. The van der Waals surface area contributed by atoms with E-state index in [2.05, 4.69) is 22.2 Å². The van der Waals surface area contributed by atoms with Crippen molar-refractivity contribution < 1.29 is 4.79 Å². The quantitative estimate of drug-likeness (QED) is 0.603. The van der Waals surface area contributed by atoms with Gasteiger partial charge in [-0.3, -0.25) is 5.32 Å². The first kappa shape index (κ1) is 13.6. The number of amides is 2. The molecule has 1 heterocycles. The van der Waals surface area contributed by atoms with Crippen molar-refractivity contribution >= 4 is 23.6 Å². The maximum atomic E-state index is 11.4. The zero-order valence-electron chi connectivity index (χ0n) is 9.90. The number of anilines is 1. The van der Waals surface area contributed by atoms with E-state index in [9.17, 15) is 4.79 Å². The van der Waals surface area contributed by atoms with Crippen molar-refractivity contribution in [3.8, 4) is 0 Å². The van der Waals surface area contributed by atoms with Gasteiger partial charge < -0.3 is 5.32 Å². The third-order valence-electron chi connectivity index (χ3n) is 1.92. The minimum absolute atomic E-state index is 0.222. The van der Waals surface area contributed by atoms with Crippen LogP contribution in [-0.2, 0) is 0 Å². The number of hydrogen-bond donors (Lipinski definition) is 2. The number of aryl methyl sites for hydroxylation is 1. The van der Waals surface area contributed by atoms with Crippen LogP contribution in [0, 0.1) is 6.92 Å². The molecule has 4 nitrogen and oxygen atoms in total. The summed E-state index contributed by atoms with van der Waals surface area (Å²) in [7, 11) is 0. The maximum Gasteiger partial charge on any atom is 0.320 e. The number of pyridine rings is 1. The zero-order chi connectivity index (χ0) is 12.5. The van der Waals surface area contributed by atoms with E-state index >= 15 is 0 Å². The normalized spacial score (nSPS) is 9.71. The van der Waals surface area contributed by atoms with Gasteiger partial charge in [-0.15, -0.1) is 6.58 Å². The highest BCUT2D eigenvalue weighted by Gasteiger charge is 2.00. The molecule has 92 valence electrons. The Morgan fingerprint density at radius 1 is 1.59 bits per heavy atom. The van der Waals surface area contributed by atoms with Crippen molar-refractivity contribution in [3.63, 3.8) is 0 Å². The van der Waals surface area contributed by atoms with Gasteiger partial charge in [-0.2, -0.15) is 11.8 Å². The number of aromatic nitrogens is 1. The van der Waals surface area contributed by atoms with E-state index in [4.69, 9.17) is 0 Å². The second-order valence-corrected chi connectivity index (χ2v) is 4.62. The summed E-state index contributed by atoms with van der Waals surface area (Å²) in [6, 6.07) is 3.46. The lowest BCUT2D eigenvalue weighted by atomic mass is 10.3. The SMILES string of the molecule is C=CCSCCNC(=O)Nc1ccc(C)cn1. The van der Waals surface area contributed by atoms with E-state index in [1.54, 1.807) is 24.0 Å². The fourth-order valence-corrected chi connectivity index (χ4v) is 1.69. The van der Waals surface area contributed by atoms with Crippen molar-refractivity contribution in [2.45, 2.75) is 6.92 Å². The summed E-state index contributed by atoms with van der Waals surface area (Å²) in [6.07, 6.45) is 3.57. The summed E-state index contributed by atoms with van der Waals surface area (Å²) in [6.45, 7) is 6.21. The Hall–Kier alpha value is -1.49. The minimum atomic E-state index is -0.222. The van der Waals surface area contributed by atoms with E-state index in [0.29, 0.717) is 12.4 Å². The number of nitrogens with one attached hydrogen (secondary N) is 2. The molecular weight excluding hydrogens is 234 g/mol. The first-order valence-corrected chi connectivity index (χ1v) is 6.54. The first-order valence-electron chi connectivity index (χ1n) is 5.38. The summed E-state index contributed by atoms with van der Waals surface area (Å²) >= 11 is 1.73. The molecule has 0 fully saturated rings. The molecule has 0 saturated carbocycles. The van der Waals surface area contributed by atoms with Crippen molar-refractivity contribution in [3.05, 3.63) is 36.5 Å². The van der Waals surface area contributed by atoms with Crippen LogP contribution in [0.15, 0.2) is 31.0 Å². The topological polar surface area (TPSA) is 54.0 Å². The van der Waals surface area contributed by atoms with Crippen molar-refractivity contribution in [1.82, 2.24) is 10.3 Å². The van der Waals surface area contributed by atoms with E-state index < -0.39 is 0 Å². The van der Waals surface area contributed by atoms with Gasteiger partial charge in [0, 0.05) is 24.2 Å². The van der Waals surface area contributed by atoms with Crippen LogP contribution < -0.4 is 10.6 Å². The number of carbonyl (C=O) groups is 1. The van der Waals surface area contributed by atoms with Crippen LogP contribution in [-0.4, -0.2) is 29.1 Å². The molecule has 0 aliphatic carbocycles. The molecule has 0 saturated heterocycles. The maximum absolute atomic E-state index is 11.4. The second kappa shape index (κ2) is 7.73. The van der Waals surface area contributed by atoms with Crippen LogP contribution in [0.25, 0.3) is 0 Å². The summed E-state index contributed by atoms with van der Waals surface area (Å²) < 4.78 is 0. The average molecular weight is 251 g/mol. The van der Waals surface area contributed by atoms with Gasteiger partial charge in [0.1, 0.15) is 5.82 Å². The van der Waals surface area contributed by atoms with Gasteiger partial charge in [0.15, 0.2) is 0 Å². The van der Waals surface area contributed by atoms with Gasteiger partial charge in [-0.05, 0) is 18.6 Å². The molecule has 5 heteroatoms. The highest BCUT2D eigenvalue weighted by atomic mass is 32.2. The Balaban J connectivity index is 2.20. The van der Waals surface area contributed by atoms with Gasteiger partial charge in [-0.25, -0.2) is 9.78 Å². The number of nitrogens with zero attached hydrogens (tertiary/aromatic N) is 1. The highest BCUT2D eigenvalue weighted by Crippen LogP contribution is 2.03. The molecule has 0 aliphatic rings. The van der Waals surface area contributed by atoms with Gasteiger partial charge in [0.2, 0.25) is 0 Å². The van der Waals surface area contributed by atoms with Crippen LogP contribution in [0.3, 0.4) is 0 Å². The summed E-state index contributed by atoms with van der Waals surface area (Å²) in [5, 5.41) is 5.43. The summed E-state index contributed by atoms with van der Waals surface area (Å²) in [5.41, 5.74) is 1.07. The predicted molar refractivity (Wildman–Crippen MR) is 73.5 cm³/mol. The van der Waals surface area contributed by atoms with E-state index in [-0.39, 0.29) is 6.03 Å². The lowest BCUT2D eigenvalue weighted by molar-refractivity contribution is 0.252. The van der Waals surface area contributed by atoms with Crippen molar-refractivity contribution in [2.75, 3.05) is 23.4 Å². The molecule has 1 rings (SSSR count). The minimum Gasteiger partial charge on any atom is -0.337 e. The molecule has 1 aromatic heterocycles. The number of thioether (sulfide) groups is 1. The van der Waals surface area contributed by atoms with Crippen LogP contribution >= 0.6 is 11.8 Å². The molecule has 0 radical (unpaired) electrons. The monoisotopic (exact) mass is 251 g/mol. The first-order chi connectivity index (χ1) is 8.22. The summed E-state index contributed by atoms with van der Waals surface area (Å²) in [4.78, 5) is 15.5. The number of urea groups is 1. The molecule has 0 unspecified atom stereocenters. The van der Waals surface area contributed by atoms with Crippen LogP contribution in [0.2, 0.25) is 0 Å². The van der Waals surface area contributed by atoms with Crippen LogP contribution in [0.4, 0.5) is 10.6 Å². The molecule has 2 amide bonds. The van der Waals surface area contributed by atoms with Crippen molar-refractivity contribution in [2.24, 2.45) is 0 Å². The smallest absolute Gasteiger partial charge is 0.320 e. The fraction of sp³-hybridized carbons (Fsp3) is 0.333. The highest BCUT2D eigenvalue weighted by molar-refractivity contribution is 7.99. The molecule has 2 N–H and O–H groups in total. The fourth-order valence-electron chi connectivity index (χ4n) is 1.11. The van der Waals surface area contributed by atoms with E-state index in [0.717, 1.165) is 17.1 Å². The molecule has 0 aromatic carbocycles. The van der Waals surface area contributed by atoms with E-state index in [1.165, 1.54) is 0 Å². The van der Waals surface area contributed by atoms with E-state index in [1.807, 2.05) is 19.1 Å². The Bertz CT molecular complexity index is 365. The Morgan fingerprint density at radius 3 is 3.06 bits per heavy atom. The van der Waals surface area contributed by atoms with Gasteiger partial charge in [0.25, 0.3) is 0 Å². The third-order valence-corrected chi connectivity index (χ3v) is 2.88. The Kier molecular flexibility index (Phi) is 6.17. The zero-order valence-corrected chi connectivity index (χ0v) is 10.7. The standard InChI is InChI=1S/C12H17N3OS/c1-3-7-17-8-6-13-12(16)15-11-5-4-10(2)9-14-11/h3-5,9H,1,6-8H2,2H3,(H2,13,14,15,16).